The van der Waals surface area contributed by atoms with E-state index >= 15 is 0 Å². The topological polar surface area (TPSA) is 26.7 Å². The fraction of sp³-hybridized carbons (Fsp3) is 1.00. The number of piperazine rings is 1. The third kappa shape index (κ3) is 3.20. The van der Waals surface area contributed by atoms with Crippen LogP contribution in [0.1, 0.15) is 58.3 Å². The van der Waals surface area contributed by atoms with Crippen molar-refractivity contribution in [1.82, 2.24) is 9.80 Å². The molecule has 2 saturated carbocycles. The largest absolute Gasteiger partial charge is 0.391 e. The molecule has 0 bridgehead atoms. The van der Waals surface area contributed by atoms with Gasteiger partial charge in [0.05, 0.1) is 6.10 Å². The predicted octanol–water partition coefficient (Wildman–Crippen LogP) is 2.49. The van der Waals surface area contributed by atoms with E-state index in [9.17, 15) is 5.11 Å². The molecule has 0 aromatic heterocycles. The lowest BCUT2D eigenvalue weighted by atomic mass is 9.81. The van der Waals surface area contributed by atoms with E-state index < -0.39 is 0 Å². The average molecular weight is 280 g/mol. The molecule has 1 heterocycles. The van der Waals surface area contributed by atoms with Gasteiger partial charge in [0.1, 0.15) is 0 Å². The second-order valence-corrected chi connectivity index (χ2v) is 7.23. The van der Waals surface area contributed by atoms with Crippen molar-refractivity contribution in [2.45, 2.75) is 76.5 Å². The Morgan fingerprint density at radius 3 is 2.20 bits per heavy atom. The molecule has 3 rings (SSSR count). The fourth-order valence-electron chi connectivity index (χ4n) is 4.68. The first-order chi connectivity index (χ1) is 9.78. The SMILES string of the molecule is CCC1CCC(O)C(N2CCN(C3CCCC3)CC2)C1. The Hall–Kier alpha value is -0.120. The lowest BCUT2D eigenvalue weighted by Crippen LogP contribution is -2.56. The molecule has 0 aromatic rings. The third-order valence-electron chi connectivity index (χ3n) is 6.13. The van der Waals surface area contributed by atoms with Gasteiger partial charge in [-0.2, -0.15) is 0 Å². The first-order valence-electron chi connectivity index (χ1n) is 8.94. The van der Waals surface area contributed by atoms with Gasteiger partial charge >= 0.3 is 0 Å². The smallest absolute Gasteiger partial charge is 0.0695 e. The molecular weight excluding hydrogens is 248 g/mol. The van der Waals surface area contributed by atoms with Crippen molar-refractivity contribution in [3.63, 3.8) is 0 Å². The van der Waals surface area contributed by atoms with E-state index in [0.717, 1.165) is 18.4 Å². The number of rotatable bonds is 3. The summed E-state index contributed by atoms with van der Waals surface area (Å²) >= 11 is 0. The molecule has 3 nitrogen and oxygen atoms in total. The summed E-state index contributed by atoms with van der Waals surface area (Å²) in [5, 5.41) is 10.4. The Morgan fingerprint density at radius 1 is 0.900 bits per heavy atom. The van der Waals surface area contributed by atoms with Gasteiger partial charge in [0, 0.05) is 38.3 Å². The molecule has 0 radical (unpaired) electrons. The lowest BCUT2D eigenvalue weighted by Gasteiger charge is -2.45. The number of nitrogens with zero attached hydrogens (tertiary/aromatic N) is 2. The minimum atomic E-state index is -0.0733. The highest BCUT2D eigenvalue weighted by atomic mass is 16.3. The normalized spacial score (nSPS) is 38.4. The van der Waals surface area contributed by atoms with Gasteiger partial charge in [-0.05, 0) is 38.0 Å². The highest BCUT2D eigenvalue weighted by molar-refractivity contribution is 4.90. The summed E-state index contributed by atoms with van der Waals surface area (Å²) in [5.74, 6) is 0.844. The Balaban J connectivity index is 1.51. The van der Waals surface area contributed by atoms with Gasteiger partial charge in [0.15, 0.2) is 0 Å². The molecule has 0 aromatic carbocycles. The van der Waals surface area contributed by atoms with Gasteiger partial charge in [-0.1, -0.05) is 26.2 Å². The zero-order valence-electron chi connectivity index (χ0n) is 13.1. The average Bonchev–Trinajstić information content (AvgIpc) is 3.02. The first kappa shape index (κ1) is 14.8. The molecule has 3 heteroatoms. The molecule has 1 N–H and O–H groups in total. The summed E-state index contributed by atoms with van der Waals surface area (Å²) in [7, 11) is 0. The van der Waals surface area contributed by atoms with Crippen molar-refractivity contribution in [1.29, 1.82) is 0 Å². The number of hydrogen-bond acceptors (Lipinski definition) is 3. The van der Waals surface area contributed by atoms with Gasteiger partial charge in [-0.25, -0.2) is 0 Å². The van der Waals surface area contributed by atoms with Crippen molar-refractivity contribution in [2.24, 2.45) is 5.92 Å². The van der Waals surface area contributed by atoms with E-state index in [-0.39, 0.29) is 6.10 Å². The minimum absolute atomic E-state index is 0.0733. The summed E-state index contributed by atoms with van der Waals surface area (Å²) in [5.41, 5.74) is 0. The van der Waals surface area contributed by atoms with E-state index in [0.29, 0.717) is 6.04 Å². The predicted molar refractivity (Wildman–Crippen MR) is 82.8 cm³/mol. The zero-order chi connectivity index (χ0) is 13.9. The van der Waals surface area contributed by atoms with Crippen LogP contribution in [0.2, 0.25) is 0 Å². The number of aliphatic hydroxyl groups is 1. The van der Waals surface area contributed by atoms with Crippen LogP contribution in [0.5, 0.6) is 0 Å². The van der Waals surface area contributed by atoms with Gasteiger partial charge in [-0.3, -0.25) is 9.80 Å². The standard InChI is InChI=1S/C17H32N2O/c1-2-14-7-8-17(20)16(13-14)19-11-9-18(10-12-19)15-5-3-4-6-15/h14-17,20H,2-13H2,1H3. The summed E-state index contributed by atoms with van der Waals surface area (Å²) in [4.78, 5) is 5.31. The molecule has 3 aliphatic rings. The molecule has 20 heavy (non-hydrogen) atoms. The molecule has 2 aliphatic carbocycles. The highest BCUT2D eigenvalue weighted by Gasteiger charge is 2.35. The Labute approximate surface area is 124 Å². The van der Waals surface area contributed by atoms with Gasteiger partial charge in [0.2, 0.25) is 0 Å². The highest BCUT2D eigenvalue weighted by Crippen LogP contribution is 2.31. The van der Waals surface area contributed by atoms with Crippen molar-refractivity contribution in [2.75, 3.05) is 26.2 Å². The zero-order valence-corrected chi connectivity index (χ0v) is 13.1. The summed E-state index contributed by atoms with van der Waals surface area (Å²) in [6, 6.07) is 1.32. The maximum Gasteiger partial charge on any atom is 0.0695 e. The van der Waals surface area contributed by atoms with Crippen LogP contribution in [0, 0.1) is 5.92 Å². The molecule has 3 fully saturated rings. The Bertz CT molecular complexity index is 295. The quantitative estimate of drug-likeness (QED) is 0.860. The van der Waals surface area contributed by atoms with E-state index in [4.69, 9.17) is 0 Å². The molecular formula is C17H32N2O. The van der Waals surface area contributed by atoms with Crippen LogP contribution in [-0.4, -0.2) is 59.3 Å². The second kappa shape index (κ2) is 6.76. The van der Waals surface area contributed by atoms with Gasteiger partial charge < -0.3 is 5.11 Å². The van der Waals surface area contributed by atoms with Crippen LogP contribution in [-0.2, 0) is 0 Å². The maximum atomic E-state index is 10.4. The summed E-state index contributed by atoms with van der Waals surface area (Å²) < 4.78 is 0. The van der Waals surface area contributed by atoms with Crippen LogP contribution in [0.15, 0.2) is 0 Å². The number of hydrogen-bond donors (Lipinski definition) is 1. The Morgan fingerprint density at radius 2 is 1.55 bits per heavy atom. The lowest BCUT2D eigenvalue weighted by molar-refractivity contribution is -0.0230. The molecule has 0 spiro atoms. The van der Waals surface area contributed by atoms with Gasteiger partial charge in [-0.15, -0.1) is 0 Å². The molecule has 1 aliphatic heterocycles. The Kier molecular flexibility index (Phi) is 5.00. The fourth-order valence-corrected chi connectivity index (χ4v) is 4.68. The molecule has 1 saturated heterocycles. The van der Waals surface area contributed by atoms with Crippen LogP contribution in [0.25, 0.3) is 0 Å². The van der Waals surface area contributed by atoms with E-state index in [1.807, 2.05) is 0 Å². The van der Waals surface area contributed by atoms with Crippen molar-refractivity contribution in [3.05, 3.63) is 0 Å². The van der Waals surface area contributed by atoms with Crippen LogP contribution < -0.4 is 0 Å². The second-order valence-electron chi connectivity index (χ2n) is 7.23. The molecule has 116 valence electrons. The van der Waals surface area contributed by atoms with Crippen LogP contribution in [0.3, 0.4) is 0 Å². The summed E-state index contributed by atoms with van der Waals surface area (Å²) in [6.45, 7) is 7.11. The van der Waals surface area contributed by atoms with Crippen LogP contribution >= 0.6 is 0 Å². The minimum Gasteiger partial charge on any atom is -0.391 e. The van der Waals surface area contributed by atoms with E-state index in [1.165, 1.54) is 71.1 Å². The van der Waals surface area contributed by atoms with Crippen molar-refractivity contribution < 1.29 is 5.11 Å². The monoisotopic (exact) mass is 280 g/mol. The molecule has 3 unspecified atom stereocenters. The first-order valence-corrected chi connectivity index (χ1v) is 8.94. The van der Waals surface area contributed by atoms with Crippen LogP contribution in [0.4, 0.5) is 0 Å². The van der Waals surface area contributed by atoms with Gasteiger partial charge in [0.25, 0.3) is 0 Å². The third-order valence-corrected chi connectivity index (χ3v) is 6.13. The van der Waals surface area contributed by atoms with Crippen molar-refractivity contribution in [3.8, 4) is 0 Å². The van der Waals surface area contributed by atoms with Crippen molar-refractivity contribution >= 4 is 0 Å². The molecule has 0 amide bonds. The molecule has 3 atom stereocenters. The summed E-state index contributed by atoms with van der Waals surface area (Å²) in [6.07, 6.45) is 10.4. The number of aliphatic hydroxyl groups excluding tert-OH is 1. The maximum absolute atomic E-state index is 10.4. The van der Waals surface area contributed by atoms with E-state index in [2.05, 4.69) is 16.7 Å². The van der Waals surface area contributed by atoms with E-state index in [1.54, 1.807) is 0 Å².